The van der Waals surface area contributed by atoms with Gasteiger partial charge in [0.1, 0.15) is 16.7 Å². The lowest BCUT2D eigenvalue weighted by Gasteiger charge is -2.33. The number of aliphatic hydroxyl groups is 1. The normalized spacial score (nSPS) is 16.2. The van der Waals surface area contributed by atoms with E-state index >= 15 is 0 Å². The van der Waals surface area contributed by atoms with Gasteiger partial charge in [-0.2, -0.15) is 13.2 Å². The lowest BCUT2D eigenvalue weighted by atomic mass is 9.91. The zero-order chi connectivity index (χ0) is 27.4. The third-order valence-corrected chi connectivity index (χ3v) is 6.77. The molecule has 1 aromatic carbocycles. The van der Waals surface area contributed by atoms with E-state index in [0.717, 1.165) is 37.1 Å². The predicted molar refractivity (Wildman–Crippen MR) is 133 cm³/mol. The van der Waals surface area contributed by atoms with E-state index in [1.165, 1.54) is 4.90 Å². The molecule has 1 aliphatic rings. The van der Waals surface area contributed by atoms with Gasteiger partial charge in [-0.1, -0.05) is 23.7 Å². The number of halogens is 4. The second-order valence-corrected chi connectivity index (χ2v) is 9.65. The highest BCUT2D eigenvalue weighted by Gasteiger charge is 2.60. The van der Waals surface area contributed by atoms with Gasteiger partial charge in [0.15, 0.2) is 0 Å². The maximum absolute atomic E-state index is 13.6. The van der Waals surface area contributed by atoms with Crippen molar-refractivity contribution in [1.29, 1.82) is 0 Å². The molecular formula is C25H30ClF3N4O4. The molecule has 2 amide bonds. The highest BCUT2D eigenvalue weighted by molar-refractivity contribution is 6.32. The van der Waals surface area contributed by atoms with E-state index in [0.29, 0.717) is 43.2 Å². The number of piperidine rings is 1. The molecule has 1 unspecified atom stereocenters. The molecule has 0 aliphatic carbocycles. The van der Waals surface area contributed by atoms with Gasteiger partial charge in [-0.25, -0.2) is 4.98 Å². The molecule has 0 bridgehead atoms. The Morgan fingerprint density at radius 3 is 2.43 bits per heavy atom. The highest BCUT2D eigenvalue weighted by atomic mass is 35.5. The second kappa shape index (κ2) is 11.6. The number of rotatable bonds is 8. The van der Waals surface area contributed by atoms with Crippen molar-refractivity contribution in [3.63, 3.8) is 0 Å². The summed E-state index contributed by atoms with van der Waals surface area (Å²) < 4.78 is 40.9. The minimum absolute atomic E-state index is 0.0330. The van der Waals surface area contributed by atoms with Crippen LogP contribution in [-0.4, -0.2) is 71.8 Å². The molecule has 1 fully saturated rings. The zero-order valence-corrected chi connectivity index (χ0v) is 21.3. The molecule has 2 aromatic rings. The summed E-state index contributed by atoms with van der Waals surface area (Å²) in [6.45, 7) is 1.37. The minimum atomic E-state index is -5.27. The van der Waals surface area contributed by atoms with Crippen molar-refractivity contribution in [1.82, 2.24) is 15.2 Å². The summed E-state index contributed by atoms with van der Waals surface area (Å²) >= 11 is 6.21. The van der Waals surface area contributed by atoms with Crippen LogP contribution >= 0.6 is 11.6 Å². The average Bonchev–Trinajstić information content (AvgIpc) is 2.85. The molecule has 12 heteroatoms. The van der Waals surface area contributed by atoms with Crippen molar-refractivity contribution in [2.75, 3.05) is 38.6 Å². The van der Waals surface area contributed by atoms with Gasteiger partial charge in [0, 0.05) is 39.3 Å². The van der Waals surface area contributed by atoms with Gasteiger partial charge >= 0.3 is 6.18 Å². The first-order valence-corrected chi connectivity index (χ1v) is 12.2. The van der Waals surface area contributed by atoms with Gasteiger partial charge in [0.25, 0.3) is 17.4 Å². The lowest BCUT2D eigenvalue weighted by molar-refractivity contribution is -0.257. The first kappa shape index (κ1) is 28.5. The molecule has 3 N–H and O–H groups in total. The standard InChI is InChI=1S/C25H30ClF3N4O4/c1-32(2)22(35)19-8-9-20(31-21(19)26)33-13-10-16(11-14-33)5-4-12-30-23(36)24(37,25(27,28)29)17-6-3-7-18(34)15-17/h3,6-9,15-16,34,37H,4-5,10-14H2,1-2H3,(H,30,36). The van der Waals surface area contributed by atoms with Crippen molar-refractivity contribution in [2.24, 2.45) is 5.92 Å². The van der Waals surface area contributed by atoms with Crippen molar-refractivity contribution in [2.45, 2.75) is 37.5 Å². The van der Waals surface area contributed by atoms with Crippen LogP contribution in [0, 0.1) is 5.92 Å². The number of carbonyl (C=O) groups excluding carboxylic acids is 2. The number of hydrogen-bond donors (Lipinski definition) is 3. The molecule has 1 aromatic heterocycles. The number of carbonyl (C=O) groups is 2. The van der Waals surface area contributed by atoms with Crippen LogP contribution < -0.4 is 10.2 Å². The van der Waals surface area contributed by atoms with Gasteiger partial charge in [0.05, 0.1) is 5.56 Å². The number of hydrogen-bond acceptors (Lipinski definition) is 6. The molecule has 202 valence electrons. The van der Waals surface area contributed by atoms with Crippen LogP contribution in [0.3, 0.4) is 0 Å². The number of aromatic nitrogens is 1. The Morgan fingerprint density at radius 2 is 1.86 bits per heavy atom. The van der Waals surface area contributed by atoms with Gasteiger partial charge in [-0.15, -0.1) is 0 Å². The molecule has 8 nitrogen and oxygen atoms in total. The SMILES string of the molecule is CN(C)C(=O)c1ccc(N2CCC(CCCNC(=O)C(O)(c3cccc(O)c3)C(F)(F)F)CC2)nc1Cl. The molecule has 1 saturated heterocycles. The van der Waals surface area contributed by atoms with Crippen LogP contribution in [0.2, 0.25) is 5.15 Å². The smallest absolute Gasteiger partial charge is 0.430 e. The monoisotopic (exact) mass is 542 g/mol. The summed E-state index contributed by atoms with van der Waals surface area (Å²) in [5, 5.41) is 22.1. The van der Waals surface area contributed by atoms with Crippen molar-refractivity contribution in [3.05, 3.63) is 52.7 Å². The summed E-state index contributed by atoms with van der Waals surface area (Å²) in [7, 11) is 3.27. The largest absolute Gasteiger partial charge is 0.508 e. The van der Waals surface area contributed by atoms with Gasteiger partial charge in [-0.05, 0) is 55.9 Å². The molecule has 1 atom stereocenters. The predicted octanol–water partition coefficient (Wildman–Crippen LogP) is 3.71. The lowest BCUT2D eigenvalue weighted by Crippen LogP contribution is -2.54. The average molecular weight is 543 g/mol. The number of phenols is 1. The summed E-state index contributed by atoms with van der Waals surface area (Å²) in [5.41, 5.74) is -4.19. The van der Waals surface area contributed by atoms with E-state index in [2.05, 4.69) is 15.2 Å². The first-order valence-electron chi connectivity index (χ1n) is 11.8. The highest BCUT2D eigenvalue weighted by Crippen LogP contribution is 2.40. The van der Waals surface area contributed by atoms with Crippen LogP contribution in [0.4, 0.5) is 19.0 Å². The first-order chi connectivity index (χ1) is 17.3. The molecule has 3 rings (SSSR count). The van der Waals surface area contributed by atoms with E-state index in [9.17, 15) is 33.0 Å². The second-order valence-electron chi connectivity index (χ2n) is 9.29. The topological polar surface area (TPSA) is 106 Å². The van der Waals surface area contributed by atoms with E-state index in [-0.39, 0.29) is 17.6 Å². The Bertz CT molecular complexity index is 1120. The number of anilines is 1. The van der Waals surface area contributed by atoms with Gasteiger partial charge in [-0.3, -0.25) is 9.59 Å². The fourth-order valence-corrected chi connectivity index (χ4v) is 4.56. The van der Waals surface area contributed by atoms with E-state index in [1.807, 2.05) is 0 Å². The Morgan fingerprint density at radius 1 is 1.19 bits per heavy atom. The third-order valence-electron chi connectivity index (χ3n) is 6.49. The van der Waals surface area contributed by atoms with Crippen LogP contribution in [0.25, 0.3) is 0 Å². The van der Waals surface area contributed by atoms with E-state index in [1.54, 1.807) is 26.2 Å². The molecule has 2 heterocycles. The summed E-state index contributed by atoms with van der Waals surface area (Å²) in [5.74, 6) is -1.32. The number of phenolic OH excluding ortho intramolecular Hbond substituents is 1. The van der Waals surface area contributed by atoms with Gasteiger partial charge < -0.3 is 25.3 Å². The summed E-state index contributed by atoms with van der Waals surface area (Å²) in [6.07, 6.45) is -2.50. The maximum atomic E-state index is 13.6. The molecule has 1 aliphatic heterocycles. The molecule has 0 radical (unpaired) electrons. The van der Waals surface area contributed by atoms with Crippen LogP contribution in [0.5, 0.6) is 5.75 Å². The fourth-order valence-electron chi connectivity index (χ4n) is 4.33. The van der Waals surface area contributed by atoms with Gasteiger partial charge in [0.2, 0.25) is 0 Å². The number of pyridine rings is 1. The maximum Gasteiger partial charge on any atom is 0.430 e. The van der Waals surface area contributed by atoms with Crippen molar-refractivity contribution >= 4 is 29.2 Å². The van der Waals surface area contributed by atoms with Crippen molar-refractivity contribution < 1.29 is 33.0 Å². The summed E-state index contributed by atoms with van der Waals surface area (Å²) in [6, 6.07) is 7.34. The summed E-state index contributed by atoms with van der Waals surface area (Å²) in [4.78, 5) is 32.4. The molecule has 0 saturated carbocycles. The van der Waals surface area contributed by atoms with Crippen LogP contribution in [0.1, 0.15) is 41.6 Å². The minimum Gasteiger partial charge on any atom is -0.508 e. The Labute approximate surface area is 218 Å². The Balaban J connectivity index is 1.49. The number of nitrogens with one attached hydrogen (secondary N) is 1. The fraction of sp³-hybridized carbons (Fsp3) is 0.480. The van der Waals surface area contributed by atoms with E-state index in [4.69, 9.17) is 11.6 Å². The third kappa shape index (κ3) is 6.45. The van der Waals surface area contributed by atoms with Crippen LogP contribution in [0.15, 0.2) is 36.4 Å². The molecule has 0 spiro atoms. The molecule has 37 heavy (non-hydrogen) atoms. The van der Waals surface area contributed by atoms with Crippen molar-refractivity contribution in [3.8, 4) is 5.75 Å². The van der Waals surface area contributed by atoms with E-state index < -0.39 is 29.0 Å². The Kier molecular flexibility index (Phi) is 8.91. The number of amides is 2. The van der Waals surface area contributed by atoms with Crippen LogP contribution in [-0.2, 0) is 10.4 Å². The number of nitrogens with zero attached hydrogens (tertiary/aromatic N) is 3. The quantitative estimate of drug-likeness (QED) is 0.347. The molecular weight excluding hydrogens is 513 g/mol. The number of benzene rings is 1. The Hall–Kier alpha value is -3.05. The number of alkyl halides is 3. The number of aromatic hydroxyl groups is 1. The zero-order valence-electron chi connectivity index (χ0n) is 20.6.